The lowest BCUT2D eigenvalue weighted by atomic mass is 10.2. The molecule has 0 saturated heterocycles. The highest BCUT2D eigenvalue weighted by Crippen LogP contribution is 2.16. The lowest BCUT2D eigenvalue weighted by Gasteiger charge is -2.22. The van der Waals surface area contributed by atoms with Gasteiger partial charge in [0.15, 0.2) is 0 Å². The fourth-order valence-corrected chi connectivity index (χ4v) is 1.65. The van der Waals surface area contributed by atoms with E-state index in [2.05, 4.69) is 17.9 Å². The normalized spacial score (nSPS) is 9.81. The summed E-state index contributed by atoms with van der Waals surface area (Å²) in [6, 6.07) is 8.77. The number of nitriles is 1. The summed E-state index contributed by atoms with van der Waals surface area (Å²) in [5, 5.41) is 8.43. The van der Waals surface area contributed by atoms with Gasteiger partial charge in [0.1, 0.15) is 5.82 Å². The first-order valence-corrected chi connectivity index (χ1v) is 5.65. The maximum Gasteiger partial charge on any atom is 0.125 e. The molecule has 1 aromatic carbocycles. The van der Waals surface area contributed by atoms with Crippen LogP contribution < -0.4 is 4.90 Å². The number of hydrogen-bond acceptors (Lipinski definition) is 2. The Morgan fingerprint density at radius 3 is 2.81 bits per heavy atom. The Balaban J connectivity index is 2.51. The zero-order chi connectivity index (χ0) is 11.8. The van der Waals surface area contributed by atoms with Gasteiger partial charge < -0.3 is 4.90 Å². The first-order valence-electron chi connectivity index (χ1n) is 5.65. The van der Waals surface area contributed by atoms with E-state index in [1.165, 1.54) is 6.07 Å². The summed E-state index contributed by atoms with van der Waals surface area (Å²) in [6.07, 6.45) is 2.47. The van der Waals surface area contributed by atoms with Crippen LogP contribution in [-0.2, 0) is 0 Å². The Labute approximate surface area is 96.3 Å². The maximum atomic E-state index is 13.0. The van der Waals surface area contributed by atoms with Crippen molar-refractivity contribution in [3.05, 3.63) is 30.1 Å². The van der Waals surface area contributed by atoms with Crippen molar-refractivity contribution in [1.29, 1.82) is 5.26 Å². The van der Waals surface area contributed by atoms with E-state index < -0.39 is 0 Å². The highest BCUT2D eigenvalue weighted by molar-refractivity contribution is 5.46. The van der Waals surface area contributed by atoms with Gasteiger partial charge in [-0.05, 0) is 38.0 Å². The Hall–Kier alpha value is -1.56. The maximum absolute atomic E-state index is 13.0. The van der Waals surface area contributed by atoms with Crippen molar-refractivity contribution in [3.8, 4) is 6.07 Å². The standard InChI is InChI=1S/C13H17FN2/c1-2-16(10-5-3-4-9-15)13-8-6-7-12(14)11-13/h6-8,11H,2-5,10H2,1H3. The number of benzene rings is 1. The Bertz CT molecular complexity index is 357. The summed E-state index contributed by atoms with van der Waals surface area (Å²) in [5.41, 5.74) is 0.916. The van der Waals surface area contributed by atoms with Gasteiger partial charge in [0.2, 0.25) is 0 Å². The molecule has 0 atom stereocenters. The van der Waals surface area contributed by atoms with E-state index in [4.69, 9.17) is 5.26 Å². The number of nitrogens with zero attached hydrogens (tertiary/aromatic N) is 2. The SMILES string of the molecule is CCN(CCCCC#N)c1cccc(F)c1. The van der Waals surface area contributed by atoms with Crippen molar-refractivity contribution in [2.75, 3.05) is 18.0 Å². The molecule has 0 N–H and O–H groups in total. The second kappa shape index (κ2) is 6.84. The Morgan fingerprint density at radius 1 is 1.38 bits per heavy atom. The third kappa shape index (κ3) is 3.90. The Kier molecular flexibility index (Phi) is 5.35. The summed E-state index contributed by atoms with van der Waals surface area (Å²) in [5.74, 6) is -0.201. The van der Waals surface area contributed by atoms with Gasteiger partial charge in [0.05, 0.1) is 6.07 Å². The molecule has 0 radical (unpaired) electrons. The van der Waals surface area contributed by atoms with Crippen molar-refractivity contribution in [1.82, 2.24) is 0 Å². The second-order valence-corrected chi connectivity index (χ2v) is 3.67. The lowest BCUT2D eigenvalue weighted by molar-refractivity contribution is 0.625. The number of rotatable bonds is 6. The van der Waals surface area contributed by atoms with Crippen LogP contribution in [0.2, 0.25) is 0 Å². The molecule has 16 heavy (non-hydrogen) atoms. The Morgan fingerprint density at radius 2 is 2.19 bits per heavy atom. The van der Waals surface area contributed by atoms with Crippen LogP contribution in [-0.4, -0.2) is 13.1 Å². The molecule has 0 aliphatic carbocycles. The molecule has 0 aliphatic rings. The van der Waals surface area contributed by atoms with Crippen LogP contribution in [0.4, 0.5) is 10.1 Å². The summed E-state index contributed by atoms with van der Waals surface area (Å²) < 4.78 is 13.0. The summed E-state index contributed by atoms with van der Waals surface area (Å²) in [7, 11) is 0. The molecule has 0 aliphatic heterocycles. The predicted octanol–water partition coefficient (Wildman–Crippen LogP) is 3.35. The fraction of sp³-hybridized carbons (Fsp3) is 0.462. The molecule has 0 unspecified atom stereocenters. The monoisotopic (exact) mass is 220 g/mol. The van der Waals surface area contributed by atoms with E-state index in [9.17, 15) is 4.39 Å². The molecule has 0 bridgehead atoms. The average Bonchev–Trinajstić information content (AvgIpc) is 2.29. The molecule has 0 heterocycles. The number of hydrogen-bond donors (Lipinski definition) is 0. The van der Waals surface area contributed by atoms with Crippen LogP contribution in [0.3, 0.4) is 0 Å². The van der Waals surface area contributed by atoms with Gasteiger partial charge in [-0.1, -0.05) is 6.07 Å². The predicted molar refractivity (Wildman–Crippen MR) is 63.8 cm³/mol. The molecule has 86 valence electrons. The highest BCUT2D eigenvalue weighted by atomic mass is 19.1. The molecule has 0 aromatic heterocycles. The minimum absolute atomic E-state index is 0.201. The number of unbranched alkanes of at least 4 members (excludes halogenated alkanes) is 2. The third-order valence-corrected chi connectivity index (χ3v) is 2.52. The molecule has 0 fully saturated rings. The van der Waals surface area contributed by atoms with Crippen molar-refractivity contribution >= 4 is 5.69 Å². The summed E-state index contributed by atoms with van der Waals surface area (Å²) in [6.45, 7) is 3.78. The van der Waals surface area contributed by atoms with Crippen LogP contribution in [0.15, 0.2) is 24.3 Å². The van der Waals surface area contributed by atoms with E-state index in [1.54, 1.807) is 12.1 Å². The molecule has 1 rings (SSSR count). The number of anilines is 1. The fourth-order valence-electron chi connectivity index (χ4n) is 1.65. The zero-order valence-electron chi connectivity index (χ0n) is 9.62. The van der Waals surface area contributed by atoms with Gasteiger partial charge >= 0.3 is 0 Å². The molecule has 3 heteroatoms. The third-order valence-electron chi connectivity index (χ3n) is 2.52. The van der Waals surface area contributed by atoms with Gasteiger partial charge in [-0.3, -0.25) is 0 Å². The average molecular weight is 220 g/mol. The minimum Gasteiger partial charge on any atom is -0.372 e. The molecule has 1 aromatic rings. The highest BCUT2D eigenvalue weighted by Gasteiger charge is 2.04. The molecular formula is C13H17FN2. The molecule has 0 amide bonds. The second-order valence-electron chi connectivity index (χ2n) is 3.67. The van der Waals surface area contributed by atoms with Crippen molar-refractivity contribution in [2.45, 2.75) is 26.2 Å². The quantitative estimate of drug-likeness (QED) is 0.687. The topological polar surface area (TPSA) is 27.0 Å². The molecule has 0 saturated carbocycles. The van der Waals surface area contributed by atoms with Crippen molar-refractivity contribution < 1.29 is 4.39 Å². The van der Waals surface area contributed by atoms with Crippen LogP contribution in [0.25, 0.3) is 0 Å². The van der Waals surface area contributed by atoms with Gasteiger partial charge in [0.25, 0.3) is 0 Å². The first-order chi connectivity index (χ1) is 7.77. The lowest BCUT2D eigenvalue weighted by Crippen LogP contribution is -2.23. The van der Waals surface area contributed by atoms with E-state index in [0.29, 0.717) is 6.42 Å². The molecule has 2 nitrogen and oxygen atoms in total. The van der Waals surface area contributed by atoms with Crippen LogP contribution in [0.5, 0.6) is 0 Å². The number of halogens is 1. The summed E-state index contributed by atoms with van der Waals surface area (Å²) >= 11 is 0. The molecule has 0 spiro atoms. The minimum atomic E-state index is -0.201. The largest absolute Gasteiger partial charge is 0.372 e. The summed E-state index contributed by atoms with van der Waals surface area (Å²) in [4.78, 5) is 2.13. The van der Waals surface area contributed by atoms with E-state index >= 15 is 0 Å². The van der Waals surface area contributed by atoms with Crippen LogP contribution in [0.1, 0.15) is 26.2 Å². The zero-order valence-corrected chi connectivity index (χ0v) is 9.62. The van der Waals surface area contributed by atoms with Gasteiger partial charge in [0, 0.05) is 25.2 Å². The molecular weight excluding hydrogens is 203 g/mol. The van der Waals surface area contributed by atoms with Crippen LogP contribution >= 0.6 is 0 Å². The van der Waals surface area contributed by atoms with Gasteiger partial charge in [-0.15, -0.1) is 0 Å². The van der Waals surface area contributed by atoms with Crippen molar-refractivity contribution in [2.24, 2.45) is 0 Å². The van der Waals surface area contributed by atoms with Gasteiger partial charge in [-0.25, -0.2) is 4.39 Å². The smallest absolute Gasteiger partial charge is 0.125 e. The van der Waals surface area contributed by atoms with E-state index in [0.717, 1.165) is 31.6 Å². The van der Waals surface area contributed by atoms with Crippen molar-refractivity contribution in [3.63, 3.8) is 0 Å². The van der Waals surface area contributed by atoms with Gasteiger partial charge in [-0.2, -0.15) is 5.26 Å². The van der Waals surface area contributed by atoms with E-state index in [1.807, 2.05) is 6.07 Å². The first kappa shape index (κ1) is 12.5. The van der Waals surface area contributed by atoms with E-state index in [-0.39, 0.29) is 5.82 Å². The van der Waals surface area contributed by atoms with Crippen LogP contribution in [0, 0.1) is 17.1 Å².